The van der Waals surface area contributed by atoms with Crippen LogP contribution in [0.15, 0.2) is 35.5 Å². The van der Waals surface area contributed by atoms with Gasteiger partial charge >= 0.3 is 0 Å². The number of H-pyrrole nitrogens is 1. The third kappa shape index (κ3) is 3.77. The van der Waals surface area contributed by atoms with Gasteiger partial charge < -0.3 is 14.6 Å². The predicted octanol–water partition coefficient (Wildman–Crippen LogP) is 4.00. The van der Waals surface area contributed by atoms with Gasteiger partial charge in [0.2, 0.25) is 0 Å². The third-order valence-corrected chi connectivity index (χ3v) is 4.12. The van der Waals surface area contributed by atoms with Crippen molar-refractivity contribution < 1.29 is 4.74 Å². The first-order valence-electron chi connectivity index (χ1n) is 7.98. The molecule has 0 radical (unpaired) electrons. The van der Waals surface area contributed by atoms with Gasteiger partial charge in [0.25, 0.3) is 0 Å². The maximum Gasteiger partial charge on any atom is 0.0806 e. The van der Waals surface area contributed by atoms with Crippen molar-refractivity contribution in [1.82, 2.24) is 4.98 Å². The molecule has 0 bridgehead atoms. The summed E-state index contributed by atoms with van der Waals surface area (Å²) in [7, 11) is 0. The Balaban J connectivity index is 2.02. The zero-order valence-corrected chi connectivity index (χ0v) is 14.3. The van der Waals surface area contributed by atoms with Crippen molar-refractivity contribution in [2.75, 3.05) is 31.2 Å². The van der Waals surface area contributed by atoms with Gasteiger partial charge in [-0.15, -0.1) is 0 Å². The van der Waals surface area contributed by atoms with E-state index in [1.54, 1.807) is 0 Å². The van der Waals surface area contributed by atoms with Crippen LogP contribution in [-0.4, -0.2) is 43.5 Å². The standard InChI is InChI=1S/C18H22ClN3O/c1-13(2)20-12-17-18(22-7-9-23-10-8-22)16(11-21-17)14-3-5-15(19)6-4-14/h3-6,11-13,21H,7-10H2,1-2H3. The summed E-state index contributed by atoms with van der Waals surface area (Å²) in [5.41, 5.74) is 4.57. The van der Waals surface area contributed by atoms with Crippen molar-refractivity contribution >= 4 is 23.5 Å². The second-order valence-corrected chi connectivity index (χ2v) is 6.38. The van der Waals surface area contributed by atoms with E-state index in [1.165, 1.54) is 11.3 Å². The number of nitrogens with zero attached hydrogens (tertiary/aromatic N) is 2. The number of benzene rings is 1. The third-order valence-electron chi connectivity index (χ3n) is 3.87. The van der Waals surface area contributed by atoms with Crippen molar-refractivity contribution in [3.8, 4) is 11.1 Å². The van der Waals surface area contributed by atoms with Gasteiger partial charge in [-0.3, -0.25) is 4.99 Å². The molecule has 1 N–H and O–H groups in total. The first-order valence-corrected chi connectivity index (χ1v) is 8.36. The Morgan fingerprint density at radius 3 is 2.57 bits per heavy atom. The number of aromatic nitrogens is 1. The summed E-state index contributed by atoms with van der Waals surface area (Å²) in [6, 6.07) is 8.23. The molecule has 0 amide bonds. The van der Waals surface area contributed by atoms with E-state index >= 15 is 0 Å². The molecule has 5 heteroatoms. The van der Waals surface area contributed by atoms with Crippen molar-refractivity contribution in [3.63, 3.8) is 0 Å². The molecule has 1 aliphatic rings. The Bertz CT molecular complexity index is 670. The number of hydrogen-bond donors (Lipinski definition) is 1. The van der Waals surface area contributed by atoms with Crippen LogP contribution in [0.2, 0.25) is 5.02 Å². The minimum atomic E-state index is 0.273. The minimum Gasteiger partial charge on any atom is -0.378 e. The fraction of sp³-hybridized carbons (Fsp3) is 0.389. The van der Waals surface area contributed by atoms with Crippen LogP contribution in [0.1, 0.15) is 19.5 Å². The molecule has 1 aromatic heterocycles. The van der Waals surface area contributed by atoms with Crippen molar-refractivity contribution in [1.29, 1.82) is 0 Å². The number of hydrogen-bond acceptors (Lipinski definition) is 3. The number of nitrogens with one attached hydrogen (secondary N) is 1. The highest BCUT2D eigenvalue weighted by Gasteiger charge is 2.20. The average Bonchev–Trinajstić information content (AvgIpc) is 2.98. The molecule has 3 rings (SSSR count). The molecule has 0 saturated carbocycles. The molecular weight excluding hydrogens is 310 g/mol. The Morgan fingerprint density at radius 2 is 1.91 bits per heavy atom. The summed E-state index contributed by atoms with van der Waals surface area (Å²) < 4.78 is 5.49. The van der Waals surface area contributed by atoms with E-state index in [1.807, 2.05) is 18.3 Å². The molecule has 2 heterocycles. The monoisotopic (exact) mass is 331 g/mol. The maximum atomic E-state index is 6.02. The molecule has 0 spiro atoms. The highest BCUT2D eigenvalue weighted by Crippen LogP contribution is 2.34. The lowest BCUT2D eigenvalue weighted by atomic mass is 10.1. The number of anilines is 1. The predicted molar refractivity (Wildman–Crippen MR) is 97.0 cm³/mol. The highest BCUT2D eigenvalue weighted by molar-refractivity contribution is 6.30. The van der Waals surface area contributed by atoms with Crippen LogP contribution in [0.5, 0.6) is 0 Å². The van der Waals surface area contributed by atoms with Gasteiger partial charge in [0.1, 0.15) is 0 Å². The molecule has 1 fully saturated rings. The van der Waals surface area contributed by atoms with Crippen molar-refractivity contribution in [3.05, 3.63) is 41.2 Å². The van der Waals surface area contributed by atoms with Gasteiger partial charge in [0, 0.05) is 42.1 Å². The van der Waals surface area contributed by atoms with E-state index in [4.69, 9.17) is 16.3 Å². The van der Waals surface area contributed by atoms with E-state index in [-0.39, 0.29) is 6.04 Å². The van der Waals surface area contributed by atoms with E-state index in [9.17, 15) is 0 Å². The first-order chi connectivity index (χ1) is 11.1. The van der Waals surface area contributed by atoms with E-state index < -0.39 is 0 Å². The maximum absolute atomic E-state index is 6.02. The molecule has 23 heavy (non-hydrogen) atoms. The summed E-state index contributed by atoms with van der Waals surface area (Å²) in [5, 5.41) is 0.749. The Morgan fingerprint density at radius 1 is 1.22 bits per heavy atom. The summed E-state index contributed by atoms with van der Waals surface area (Å²) >= 11 is 6.02. The lowest BCUT2D eigenvalue weighted by Crippen LogP contribution is -2.36. The Labute approximate surface area is 142 Å². The lowest BCUT2D eigenvalue weighted by Gasteiger charge is -2.30. The van der Waals surface area contributed by atoms with Crippen molar-refractivity contribution in [2.45, 2.75) is 19.9 Å². The van der Waals surface area contributed by atoms with E-state index in [0.29, 0.717) is 0 Å². The topological polar surface area (TPSA) is 40.6 Å². The lowest BCUT2D eigenvalue weighted by molar-refractivity contribution is 0.123. The zero-order valence-electron chi connectivity index (χ0n) is 13.6. The average molecular weight is 332 g/mol. The number of halogens is 1. The molecule has 2 aromatic rings. The number of aromatic amines is 1. The van der Waals surface area contributed by atoms with E-state index in [0.717, 1.165) is 42.6 Å². The van der Waals surface area contributed by atoms with Crippen LogP contribution in [0, 0.1) is 0 Å². The van der Waals surface area contributed by atoms with Crippen LogP contribution in [0.3, 0.4) is 0 Å². The van der Waals surface area contributed by atoms with Gasteiger partial charge in [-0.1, -0.05) is 23.7 Å². The van der Waals surface area contributed by atoms with Crippen LogP contribution < -0.4 is 4.90 Å². The zero-order chi connectivity index (χ0) is 16.2. The van der Waals surface area contributed by atoms with Crippen LogP contribution >= 0.6 is 11.6 Å². The molecule has 0 atom stereocenters. The van der Waals surface area contributed by atoms with Crippen LogP contribution in [0.25, 0.3) is 11.1 Å². The molecule has 4 nitrogen and oxygen atoms in total. The largest absolute Gasteiger partial charge is 0.378 e. The van der Waals surface area contributed by atoms with Gasteiger partial charge in [0.05, 0.1) is 24.6 Å². The smallest absolute Gasteiger partial charge is 0.0806 e. The molecule has 1 saturated heterocycles. The number of ether oxygens (including phenoxy) is 1. The summed E-state index contributed by atoms with van der Waals surface area (Å²) in [4.78, 5) is 10.3. The minimum absolute atomic E-state index is 0.273. The fourth-order valence-corrected chi connectivity index (χ4v) is 2.86. The second-order valence-electron chi connectivity index (χ2n) is 5.94. The first kappa shape index (κ1) is 16.1. The fourth-order valence-electron chi connectivity index (χ4n) is 2.73. The normalized spacial score (nSPS) is 15.7. The SMILES string of the molecule is CC(C)N=Cc1[nH]cc(-c2ccc(Cl)cc2)c1N1CCOCC1. The van der Waals surface area contributed by atoms with Gasteiger partial charge in [-0.2, -0.15) is 0 Å². The van der Waals surface area contributed by atoms with Gasteiger partial charge in [-0.05, 0) is 31.5 Å². The molecule has 0 unspecified atom stereocenters. The summed E-state index contributed by atoms with van der Waals surface area (Å²) in [5.74, 6) is 0. The highest BCUT2D eigenvalue weighted by atomic mass is 35.5. The summed E-state index contributed by atoms with van der Waals surface area (Å²) in [6.07, 6.45) is 3.99. The Hall–Kier alpha value is -1.78. The van der Waals surface area contributed by atoms with Crippen LogP contribution in [0.4, 0.5) is 5.69 Å². The quantitative estimate of drug-likeness (QED) is 0.860. The number of rotatable bonds is 4. The molecule has 1 aromatic carbocycles. The van der Waals surface area contributed by atoms with E-state index in [2.05, 4.69) is 47.1 Å². The number of morpholine rings is 1. The van der Waals surface area contributed by atoms with Gasteiger partial charge in [0.15, 0.2) is 0 Å². The summed E-state index contributed by atoms with van der Waals surface area (Å²) in [6.45, 7) is 7.45. The molecular formula is C18H22ClN3O. The molecule has 122 valence electrons. The second kappa shape index (κ2) is 7.20. The number of aliphatic imine (C=N–C) groups is 1. The van der Waals surface area contributed by atoms with Crippen LogP contribution in [-0.2, 0) is 4.74 Å². The molecule has 0 aliphatic carbocycles. The molecule has 1 aliphatic heterocycles. The van der Waals surface area contributed by atoms with Gasteiger partial charge in [-0.25, -0.2) is 0 Å². The Kier molecular flexibility index (Phi) is 5.03. The van der Waals surface area contributed by atoms with Crippen molar-refractivity contribution in [2.24, 2.45) is 4.99 Å².